The molecule has 0 unspecified atom stereocenters. The lowest BCUT2D eigenvalue weighted by Crippen LogP contribution is -2.22. The van der Waals surface area contributed by atoms with E-state index in [1.807, 2.05) is 23.6 Å². The number of fused-ring (bicyclic) bond motifs is 1. The zero-order chi connectivity index (χ0) is 14.1. The molecule has 2 heterocycles. The minimum Gasteiger partial charge on any atom is -0.397 e. The van der Waals surface area contributed by atoms with E-state index in [4.69, 9.17) is 5.73 Å². The van der Waals surface area contributed by atoms with Crippen molar-refractivity contribution in [3.05, 3.63) is 44.1 Å². The molecule has 0 atom stereocenters. The van der Waals surface area contributed by atoms with Crippen LogP contribution < -0.4 is 11.1 Å². The average Bonchev–Trinajstić information content (AvgIpc) is 3.04. The third-order valence-electron chi connectivity index (χ3n) is 2.78. The van der Waals surface area contributed by atoms with Crippen molar-refractivity contribution in [2.75, 3.05) is 5.73 Å². The summed E-state index contributed by atoms with van der Waals surface area (Å²) in [6.45, 7) is 0.424. The highest BCUT2D eigenvalue weighted by Crippen LogP contribution is 2.35. The van der Waals surface area contributed by atoms with E-state index in [1.165, 1.54) is 22.7 Å². The lowest BCUT2D eigenvalue weighted by Gasteiger charge is -2.01. The van der Waals surface area contributed by atoms with E-state index in [9.17, 15) is 4.79 Å². The fraction of sp³-hybridized carbons (Fsp3) is 0.0769. The SMILES string of the molecule is Nc1c(C(=O)NCc2nccs2)sc2cc(Br)ccc12. The number of rotatable bonds is 3. The van der Waals surface area contributed by atoms with Gasteiger partial charge in [-0.1, -0.05) is 22.0 Å². The zero-order valence-electron chi connectivity index (χ0n) is 10.2. The Morgan fingerprint density at radius 1 is 1.45 bits per heavy atom. The number of anilines is 1. The normalized spacial score (nSPS) is 10.8. The van der Waals surface area contributed by atoms with Crippen LogP contribution in [0.5, 0.6) is 0 Å². The van der Waals surface area contributed by atoms with Gasteiger partial charge in [-0.25, -0.2) is 4.98 Å². The van der Waals surface area contributed by atoms with Gasteiger partial charge in [-0.2, -0.15) is 0 Å². The van der Waals surface area contributed by atoms with Gasteiger partial charge in [0.15, 0.2) is 0 Å². The van der Waals surface area contributed by atoms with Crippen molar-refractivity contribution in [1.29, 1.82) is 0 Å². The van der Waals surface area contributed by atoms with Gasteiger partial charge in [-0.3, -0.25) is 4.79 Å². The number of hydrogen-bond donors (Lipinski definition) is 2. The standard InChI is InChI=1S/C13H10BrN3OS2/c14-7-1-2-8-9(5-7)20-12(11(8)15)13(18)17-6-10-16-3-4-19-10/h1-5H,6,15H2,(H,17,18). The van der Waals surface area contributed by atoms with Gasteiger partial charge in [-0.05, 0) is 12.1 Å². The van der Waals surface area contributed by atoms with Crippen LogP contribution in [0.25, 0.3) is 10.1 Å². The molecule has 2 aromatic heterocycles. The topological polar surface area (TPSA) is 68.0 Å². The number of aromatic nitrogens is 1. The summed E-state index contributed by atoms with van der Waals surface area (Å²) in [6, 6.07) is 5.81. The van der Waals surface area contributed by atoms with Gasteiger partial charge < -0.3 is 11.1 Å². The molecule has 0 saturated carbocycles. The van der Waals surface area contributed by atoms with Gasteiger partial charge in [0.1, 0.15) is 9.88 Å². The molecule has 1 amide bonds. The molecule has 7 heteroatoms. The highest BCUT2D eigenvalue weighted by molar-refractivity contribution is 9.10. The highest BCUT2D eigenvalue weighted by atomic mass is 79.9. The van der Waals surface area contributed by atoms with Crippen molar-refractivity contribution in [3.8, 4) is 0 Å². The van der Waals surface area contributed by atoms with Crippen LogP contribution in [0.1, 0.15) is 14.7 Å². The van der Waals surface area contributed by atoms with Crippen LogP contribution in [0.15, 0.2) is 34.2 Å². The fourth-order valence-electron chi connectivity index (χ4n) is 1.84. The van der Waals surface area contributed by atoms with Crippen molar-refractivity contribution < 1.29 is 4.79 Å². The summed E-state index contributed by atoms with van der Waals surface area (Å²) in [5.74, 6) is -0.157. The number of nitrogens with one attached hydrogen (secondary N) is 1. The van der Waals surface area contributed by atoms with Crippen molar-refractivity contribution >= 4 is 60.3 Å². The lowest BCUT2D eigenvalue weighted by molar-refractivity contribution is 0.0956. The highest BCUT2D eigenvalue weighted by Gasteiger charge is 2.16. The van der Waals surface area contributed by atoms with Gasteiger partial charge in [0, 0.05) is 26.1 Å². The summed E-state index contributed by atoms with van der Waals surface area (Å²) in [6.07, 6.45) is 1.72. The van der Waals surface area contributed by atoms with Crippen LogP contribution in [0, 0.1) is 0 Å². The number of hydrogen-bond acceptors (Lipinski definition) is 5. The van der Waals surface area contributed by atoms with Gasteiger partial charge in [0.25, 0.3) is 5.91 Å². The fourth-order valence-corrected chi connectivity index (χ4v) is 3.98. The number of thiazole rings is 1. The second kappa shape index (κ2) is 5.51. The Labute approximate surface area is 131 Å². The van der Waals surface area contributed by atoms with Crippen LogP contribution in [0.3, 0.4) is 0 Å². The number of halogens is 1. The van der Waals surface area contributed by atoms with E-state index in [0.717, 1.165) is 19.6 Å². The van der Waals surface area contributed by atoms with E-state index in [-0.39, 0.29) is 5.91 Å². The Bertz CT molecular complexity index is 767. The van der Waals surface area contributed by atoms with Crippen molar-refractivity contribution in [2.45, 2.75) is 6.54 Å². The predicted octanol–water partition coefficient (Wildman–Crippen LogP) is 3.63. The molecule has 0 bridgehead atoms. The molecule has 0 radical (unpaired) electrons. The zero-order valence-corrected chi connectivity index (χ0v) is 13.4. The van der Waals surface area contributed by atoms with Crippen molar-refractivity contribution in [2.24, 2.45) is 0 Å². The van der Waals surface area contributed by atoms with Gasteiger partial charge >= 0.3 is 0 Å². The van der Waals surface area contributed by atoms with Crippen molar-refractivity contribution in [1.82, 2.24) is 10.3 Å². The molecule has 0 saturated heterocycles. The van der Waals surface area contributed by atoms with E-state index in [0.29, 0.717) is 17.1 Å². The minimum absolute atomic E-state index is 0.157. The maximum atomic E-state index is 12.2. The summed E-state index contributed by atoms with van der Waals surface area (Å²) in [5.41, 5.74) is 6.60. The lowest BCUT2D eigenvalue weighted by atomic mass is 10.2. The first kappa shape index (κ1) is 13.5. The molecular weight excluding hydrogens is 358 g/mol. The molecule has 3 rings (SSSR count). The summed E-state index contributed by atoms with van der Waals surface area (Å²) in [5, 5.41) is 6.52. The number of amides is 1. The number of nitrogens with two attached hydrogens (primary N) is 1. The first-order valence-corrected chi connectivity index (χ1v) is 8.28. The second-order valence-electron chi connectivity index (χ2n) is 4.09. The summed E-state index contributed by atoms with van der Waals surface area (Å²) >= 11 is 6.33. The number of carbonyl (C=O) groups excluding carboxylic acids is 1. The molecular formula is C13H10BrN3OS2. The summed E-state index contributed by atoms with van der Waals surface area (Å²) in [4.78, 5) is 16.9. The van der Waals surface area contributed by atoms with E-state index in [1.54, 1.807) is 6.20 Å². The smallest absolute Gasteiger partial charge is 0.263 e. The third-order valence-corrected chi connectivity index (χ3v) is 5.22. The summed E-state index contributed by atoms with van der Waals surface area (Å²) in [7, 11) is 0. The van der Waals surface area contributed by atoms with Gasteiger partial charge in [0.05, 0.1) is 12.2 Å². The number of nitrogen functional groups attached to an aromatic ring is 1. The summed E-state index contributed by atoms with van der Waals surface area (Å²) < 4.78 is 1.97. The molecule has 3 N–H and O–H groups in total. The van der Waals surface area contributed by atoms with Crippen molar-refractivity contribution in [3.63, 3.8) is 0 Å². The molecule has 0 aliphatic heterocycles. The van der Waals surface area contributed by atoms with Crippen LogP contribution in [0.2, 0.25) is 0 Å². The van der Waals surface area contributed by atoms with Gasteiger partial charge in [0.2, 0.25) is 0 Å². The quantitative estimate of drug-likeness (QED) is 0.742. The Morgan fingerprint density at radius 2 is 2.30 bits per heavy atom. The molecule has 4 nitrogen and oxygen atoms in total. The molecule has 0 aliphatic rings. The van der Waals surface area contributed by atoms with Crippen LogP contribution >= 0.6 is 38.6 Å². The minimum atomic E-state index is -0.157. The molecule has 3 aromatic rings. The largest absolute Gasteiger partial charge is 0.397 e. The Kier molecular flexibility index (Phi) is 3.73. The Balaban J connectivity index is 1.85. The third kappa shape index (κ3) is 2.56. The molecule has 0 spiro atoms. The molecule has 102 valence electrons. The molecule has 0 fully saturated rings. The average molecular weight is 368 g/mol. The van der Waals surface area contributed by atoms with Gasteiger partial charge in [-0.15, -0.1) is 22.7 Å². The molecule has 20 heavy (non-hydrogen) atoms. The van der Waals surface area contributed by atoms with Crippen LogP contribution in [0.4, 0.5) is 5.69 Å². The van der Waals surface area contributed by atoms with E-state index >= 15 is 0 Å². The Hall–Kier alpha value is -1.44. The first-order valence-electron chi connectivity index (χ1n) is 5.79. The number of thiophene rings is 1. The molecule has 1 aromatic carbocycles. The number of benzene rings is 1. The monoisotopic (exact) mass is 367 g/mol. The number of carbonyl (C=O) groups is 1. The maximum absolute atomic E-state index is 12.2. The van der Waals surface area contributed by atoms with E-state index in [2.05, 4.69) is 26.2 Å². The number of nitrogens with zero attached hydrogens (tertiary/aromatic N) is 1. The van der Waals surface area contributed by atoms with Crippen LogP contribution in [-0.4, -0.2) is 10.9 Å². The molecule has 0 aliphatic carbocycles. The predicted molar refractivity (Wildman–Crippen MR) is 87.2 cm³/mol. The van der Waals surface area contributed by atoms with Crippen LogP contribution in [-0.2, 0) is 6.54 Å². The second-order valence-corrected chi connectivity index (χ2v) is 7.04. The maximum Gasteiger partial charge on any atom is 0.263 e. The Morgan fingerprint density at radius 3 is 3.05 bits per heavy atom. The van der Waals surface area contributed by atoms with E-state index < -0.39 is 0 Å². The first-order chi connectivity index (χ1) is 9.65.